The lowest BCUT2D eigenvalue weighted by molar-refractivity contribution is 0.240. The van der Waals surface area contributed by atoms with Crippen molar-refractivity contribution >= 4 is 6.03 Å². The third kappa shape index (κ3) is 4.92. The maximum Gasteiger partial charge on any atom is 0.315 e. The molecule has 6 nitrogen and oxygen atoms in total. The summed E-state index contributed by atoms with van der Waals surface area (Å²) >= 11 is 0. The fourth-order valence-corrected chi connectivity index (χ4v) is 0.861. The Morgan fingerprint density at radius 2 is 2.38 bits per heavy atom. The van der Waals surface area contributed by atoms with Gasteiger partial charge in [-0.3, -0.25) is 0 Å². The van der Waals surface area contributed by atoms with E-state index < -0.39 is 0 Å². The van der Waals surface area contributed by atoms with Crippen LogP contribution in [0.1, 0.15) is 19.3 Å². The molecule has 1 saturated carbocycles. The predicted octanol–water partition coefficient (Wildman–Crippen LogP) is 1.15. The van der Waals surface area contributed by atoms with E-state index in [1.54, 1.807) is 0 Å². The lowest BCUT2D eigenvalue weighted by Gasteiger charge is -2.04. The van der Waals surface area contributed by atoms with Gasteiger partial charge >= 0.3 is 6.03 Å². The monoisotopic (exact) mass is 183 g/mol. The highest BCUT2D eigenvalue weighted by Crippen LogP contribution is 2.18. The fourth-order valence-electron chi connectivity index (χ4n) is 0.861. The Labute approximate surface area is 76.3 Å². The molecule has 0 saturated heterocycles. The first kappa shape index (κ1) is 9.67. The van der Waals surface area contributed by atoms with E-state index in [1.807, 2.05) is 0 Å². The summed E-state index contributed by atoms with van der Waals surface area (Å²) in [6, 6.07) is 0.264. The van der Waals surface area contributed by atoms with Gasteiger partial charge in [-0.2, -0.15) is 0 Å². The SMILES string of the molecule is [N-]=[N+]=NCCCNC(=O)NC1CC1. The Morgan fingerprint density at radius 3 is 3.00 bits per heavy atom. The molecule has 1 aliphatic carbocycles. The van der Waals surface area contributed by atoms with Crippen LogP contribution in [0.4, 0.5) is 4.79 Å². The van der Waals surface area contributed by atoms with E-state index in [9.17, 15) is 4.79 Å². The summed E-state index contributed by atoms with van der Waals surface area (Å²) in [7, 11) is 0. The number of amides is 2. The average Bonchev–Trinajstić information content (AvgIpc) is 2.88. The lowest BCUT2D eigenvalue weighted by atomic mass is 10.4. The first-order valence-corrected chi connectivity index (χ1v) is 4.38. The van der Waals surface area contributed by atoms with Gasteiger partial charge < -0.3 is 10.6 Å². The number of nitrogens with zero attached hydrogens (tertiary/aromatic N) is 3. The number of urea groups is 1. The van der Waals surface area contributed by atoms with E-state index in [4.69, 9.17) is 5.53 Å². The van der Waals surface area contributed by atoms with Gasteiger partial charge in [0.15, 0.2) is 0 Å². The molecule has 1 aliphatic rings. The standard InChI is InChI=1S/C7H13N5O/c8-12-10-5-1-4-9-7(13)11-6-2-3-6/h6H,1-5H2,(H2,9,11,13). The Bertz CT molecular complexity index is 219. The third-order valence-corrected chi connectivity index (χ3v) is 1.70. The molecule has 0 spiro atoms. The van der Waals surface area contributed by atoms with Crippen LogP contribution >= 0.6 is 0 Å². The quantitative estimate of drug-likeness (QED) is 0.284. The van der Waals surface area contributed by atoms with E-state index in [0.717, 1.165) is 12.8 Å². The second kappa shape index (κ2) is 5.27. The molecule has 0 heterocycles. The molecule has 2 N–H and O–H groups in total. The van der Waals surface area contributed by atoms with Crippen LogP contribution in [-0.2, 0) is 0 Å². The third-order valence-electron chi connectivity index (χ3n) is 1.70. The highest BCUT2D eigenvalue weighted by Gasteiger charge is 2.22. The zero-order chi connectivity index (χ0) is 9.52. The number of hydrogen-bond donors (Lipinski definition) is 2. The van der Waals surface area contributed by atoms with Crippen LogP contribution < -0.4 is 10.6 Å². The van der Waals surface area contributed by atoms with Crippen LogP contribution in [0.25, 0.3) is 10.4 Å². The van der Waals surface area contributed by atoms with E-state index >= 15 is 0 Å². The molecule has 2 amide bonds. The van der Waals surface area contributed by atoms with Gasteiger partial charge in [0.25, 0.3) is 0 Å². The van der Waals surface area contributed by atoms with Crippen molar-refractivity contribution in [2.24, 2.45) is 5.11 Å². The molecule has 1 fully saturated rings. The van der Waals surface area contributed by atoms with Gasteiger partial charge in [0.1, 0.15) is 0 Å². The molecule has 0 aromatic rings. The maximum absolute atomic E-state index is 11.0. The number of carbonyl (C=O) groups excluding carboxylic acids is 1. The van der Waals surface area contributed by atoms with Crippen molar-refractivity contribution in [3.63, 3.8) is 0 Å². The summed E-state index contributed by atoms with van der Waals surface area (Å²) in [4.78, 5) is 13.6. The largest absolute Gasteiger partial charge is 0.338 e. The number of hydrogen-bond acceptors (Lipinski definition) is 2. The van der Waals surface area contributed by atoms with Gasteiger partial charge in [-0.25, -0.2) is 4.79 Å². The molecule has 0 aromatic carbocycles. The zero-order valence-electron chi connectivity index (χ0n) is 7.36. The molecule has 13 heavy (non-hydrogen) atoms. The summed E-state index contributed by atoms with van der Waals surface area (Å²) < 4.78 is 0. The lowest BCUT2D eigenvalue weighted by Crippen LogP contribution is -2.37. The molecule has 0 bridgehead atoms. The van der Waals surface area contributed by atoms with Gasteiger partial charge in [-0.1, -0.05) is 5.11 Å². The maximum atomic E-state index is 11.0. The average molecular weight is 183 g/mol. The van der Waals surface area contributed by atoms with E-state index in [1.165, 1.54) is 0 Å². The first-order valence-electron chi connectivity index (χ1n) is 4.38. The number of nitrogens with one attached hydrogen (secondary N) is 2. The summed E-state index contributed by atoms with van der Waals surface area (Å²) in [6.45, 7) is 0.984. The van der Waals surface area contributed by atoms with Crippen LogP contribution in [0, 0.1) is 0 Å². The Balaban J connectivity index is 1.91. The summed E-state index contributed by atoms with van der Waals surface area (Å²) in [5.41, 5.74) is 7.96. The zero-order valence-corrected chi connectivity index (χ0v) is 7.36. The van der Waals surface area contributed by atoms with Crippen LogP contribution in [-0.4, -0.2) is 25.2 Å². The summed E-state index contributed by atoms with van der Waals surface area (Å²) in [5.74, 6) is 0. The van der Waals surface area contributed by atoms with Crippen molar-refractivity contribution in [3.8, 4) is 0 Å². The Kier molecular flexibility index (Phi) is 3.92. The molecular weight excluding hydrogens is 170 g/mol. The topological polar surface area (TPSA) is 89.9 Å². The highest BCUT2D eigenvalue weighted by atomic mass is 16.2. The van der Waals surface area contributed by atoms with Crippen molar-refractivity contribution < 1.29 is 4.79 Å². The molecule has 72 valence electrons. The molecule has 0 aliphatic heterocycles. The fraction of sp³-hybridized carbons (Fsp3) is 0.857. The normalized spacial score (nSPS) is 14.5. The van der Waals surface area contributed by atoms with Crippen molar-refractivity contribution in [1.29, 1.82) is 0 Å². The molecule has 1 rings (SSSR count). The van der Waals surface area contributed by atoms with Gasteiger partial charge in [-0.15, -0.1) is 0 Å². The van der Waals surface area contributed by atoms with Gasteiger partial charge in [0.2, 0.25) is 0 Å². The highest BCUT2D eigenvalue weighted by molar-refractivity contribution is 5.74. The Hall–Kier alpha value is -1.42. The van der Waals surface area contributed by atoms with E-state index in [2.05, 4.69) is 20.7 Å². The van der Waals surface area contributed by atoms with Crippen LogP contribution in [0.3, 0.4) is 0 Å². The van der Waals surface area contributed by atoms with E-state index in [0.29, 0.717) is 25.6 Å². The van der Waals surface area contributed by atoms with Crippen molar-refractivity contribution in [1.82, 2.24) is 10.6 Å². The van der Waals surface area contributed by atoms with Crippen molar-refractivity contribution in [3.05, 3.63) is 10.4 Å². The summed E-state index contributed by atoms with van der Waals surface area (Å²) in [6.07, 6.45) is 2.86. The first-order chi connectivity index (χ1) is 6.33. The van der Waals surface area contributed by atoms with Gasteiger partial charge in [-0.05, 0) is 24.8 Å². The molecule has 0 aromatic heterocycles. The molecule has 6 heteroatoms. The Morgan fingerprint density at radius 1 is 1.62 bits per heavy atom. The molecular formula is C7H13N5O. The summed E-state index contributed by atoms with van der Waals surface area (Å²) in [5, 5.41) is 8.82. The van der Waals surface area contributed by atoms with Crippen molar-refractivity contribution in [2.45, 2.75) is 25.3 Å². The number of rotatable bonds is 5. The molecule has 0 unspecified atom stereocenters. The second-order valence-electron chi connectivity index (χ2n) is 2.98. The van der Waals surface area contributed by atoms with Gasteiger partial charge in [0.05, 0.1) is 0 Å². The molecule has 0 atom stereocenters. The van der Waals surface area contributed by atoms with Crippen molar-refractivity contribution in [2.75, 3.05) is 13.1 Å². The minimum atomic E-state index is -0.122. The van der Waals surface area contributed by atoms with Gasteiger partial charge in [0, 0.05) is 24.0 Å². The molecule has 0 radical (unpaired) electrons. The smallest absolute Gasteiger partial charge is 0.315 e. The van der Waals surface area contributed by atoms with Crippen LogP contribution in [0.15, 0.2) is 5.11 Å². The van der Waals surface area contributed by atoms with E-state index in [-0.39, 0.29) is 6.03 Å². The minimum absolute atomic E-state index is 0.122. The predicted molar refractivity (Wildman–Crippen MR) is 48.2 cm³/mol. The van der Waals surface area contributed by atoms with Crippen LogP contribution in [0.2, 0.25) is 0 Å². The number of carbonyl (C=O) groups is 1. The minimum Gasteiger partial charge on any atom is -0.338 e. The van der Waals surface area contributed by atoms with Crippen LogP contribution in [0.5, 0.6) is 0 Å². The second-order valence-corrected chi connectivity index (χ2v) is 2.98. The number of azide groups is 1.